The molecular weight excluding hydrogens is 206 g/mol. The summed E-state index contributed by atoms with van der Waals surface area (Å²) >= 11 is 0. The predicted molar refractivity (Wildman–Crippen MR) is 60.7 cm³/mol. The van der Waals surface area contributed by atoms with Gasteiger partial charge in [-0.05, 0) is 19.1 Å². The molecule has 0 radical (unpaired) electrons. The molecule has 2 rings (SSSR count). The second-order valence-electron chi connectivity index (χ2n) is 3.91. The van der Waals surface area contributed by atoms with E-state index in [0.29, 0.717) is 13.2 Å². The highest BCUT2D eigenvalue weighted by Gasteiger charge is 2.31. The topological polar surface area (TPSA) is 38.8 Å². The smallest absolute Gasteiger partial charge is 0.414 e. The molecule has 0 aromatic heterocycles. The average Bonchev–Trinajstić information content (AvgIpc) is 2.61. The van der Waals surface area contributed by atoms with E-state index in [1.807, 2.05) is 31.2 Å². The Bertz CT molecular complexity index is 374. The molecule has 1 amide bonds. The molecule has 1 saturated heterocycles. The van der Waals surface area contributed by atoms with Crippen LogP contribution in [0.2, 0.25) is 0 Å². The Morgan fingerprint density at radius 3 is 2.75 bits per heavy atom. The standard InChI is InChI=1S/C12H15NO3/c1-9-3-5-10(6-4-9)13-7-11(8-15-2)16-12(13)14/h3-6,11H,7-8H2,1-2H3. The average molecular weight is 221 g/mol. The monoisotopic (exact) mass is 221 g/mol. The summed E-state index contributed by atoms with van der Waals surface area (Å²) in [5, 5.41) is 0. The van der Waals surface area contributed by atoms with Crippen LogP contribution in [-0.4, -0.2) is 32.5 Å². The molecule has 0 saturated carbocycles. The number of nitrogens with zero attached hydrogens (tertiary/aromatic N) is 1. The van der Waals surface area contributed by atoms with E-state index in [-0.39, 0.29) is 12.2 Å². The lowest BCUT2D eigenvalue weighted by Gasteiger charge is -2.12. The second kappa shape index (κ2) is 4.53. The van der Waals surface area contributed by atoms with E-state index in [2.05, 4.69) is 0 Å². The minimum Gasteiger partial charge on any atom is -0.441 e. The Balaban J connectivity index is 2.10. The highest BCUT2D eigenvalue weighted by atomic mass is 16.6. The van der Waals surface area contributed by atoms with Gasteiger partial charge in [-0.3, -0.25) is 4.90 Å². The number of carbonyl (C=O) groups is 1. The van der Waals surface area contributed by atoms with Gasteiger partial charge in [-0.2, -0.15) is 0 Å². The van der Waals surface area contributed by atoms with Crippen LogP contribution in [0.4, 0.5) is 10.5 Å². The van der Waals surface area contributed by atoms with Gasteiger partial charge in [-0.1, -0.05) is 17.7 Å². The summed E-state index contributed by atoms with van der Waals surface area (Å²) in [6.07, 6.45) is -0.468. The van der Waals surface area contributed by atoms with Crippen LogP contribution in [0, 0.1) is 6.92 Å². The lowest BCUT2D eigenvalue weighted by atomic mass is 10.2. The Kier molecular flexibility index (Phi) is 3.10. The van der Waals surface area contributed by atoms with Crippen LogP contribution in [-0.2, 0) is 9.47 Å². The van der Waals surface area contributed by atoms with E-state index in [0.717, 1.165) is 5.69 Å². The van der Waals surface area contributed by atoms with Gasteiger partial charge < -0.3 is 9.47 Å². The van der Waals surface area contributed by atoms with Crippen molar-refractivity contribution < 1.29 is 14.3 Å². The number of anilines is 1. The van der Waals surface area contributed by atoms with Crippen molar-refractivity contribution in [1.29, 1.82) is 0 Å². The van der Waals surface area contributed by atoms with Gasteiger partial charge in [0.25, 0.3) is 0 Å². The maximum Gasteiger partial charge on any atom is 0.414 e. The Labute approximate surface area is 94.8 Å². The van der Waals surface area contributed by atoms with Crippen LogP contribution in [0.15, 0.2) is 24.3 Å². The molecule has 86 valence electrons. The first-order valence-electron chi connectivity index (χ1n) is 5.24. The molecule has 0 aliphatic carbocycles. The van der Waals surface area contributed by atoms with Gasteiger partial charge in [0, 0.05) is 12.8 Å². The number of methoxy groups -OCH3 is 1. The van der Waals surface area contributed by atoms with Gasteiger partial charge in [0.05, 0.1) is 13.2 Å². The van der Waals surface area contributed by atoms with Crippen molar-refractivity contribution in [2.75, 3.05) is 25.2 Å². The third-order valence-corrected chi connectivity index (χ3v) is 2.57. The summed E-state index contributed by atoms with van der Waals surface area (Å²) in [4.78, 5) is 13.2. The van der Waals surface area contributed by atoms with Crippen molar-refractivity contribution in [2.45, 2.75) is 13.0 Å². The maximum absolute atomic E-state index is 11.6. The summed E-state index contributed by atoms with van der Waals surface area (Å²) in [5.41, 5.74) is 2.04. The molecule has 1 aliphatic heterocycles. The van der Waals surface area contributed by atoms with Crippen LogP contribution in [0.1, 0.15) is 5.56 Å². The number of hydrogen-bond acceptors (Lipinski definition) is 3. The van der Waals surface area contributed by atoms with E-state index in [1.54, 1.807) is 12.0 Å². The lowest BCUT2D eigenvalue weighted by Crippen LogP contribution is -2.25. The molecule has 0 spiro atoms. The number of carbonyl (C=O) groups excluding carboxylic acids is 1. The number of ether oxygens (including phenoxy) is 2. The highest BCUT2D eigenvalue weighted by Crippen LogP contribution is 2.21. The van der Waals surface area contributed by atoms with E-state index in [9.17, 15) is 4.79 Å². The van der Waals surface area contributed by atoms with Crippen LogP contribution >= 0.6 is 0 Å². The van der Waals surface area contributed by atoms with Crippen molar-refractivity contribution in [3.63, 3.8) is 0 Å². The van der Waals surface area contributed by atoms with Crippen molar-refractivity contribution >= 4 is 11.8 Å². The molecule has 4 heteroatoms. The Morgan fingerprint density at radius 1 is 1.44 bits per heavy atom. The van der Waals surface area contributed by atoms with Crippen LogP contribution < -0.4 is 4.90 Å². The third-order valence-electron chi connectivity index (χ3n) is 2.57. The number of amides is 1. The number of aryl methyl sites for hydroxylation is 1. The van der Waals surface area contributed by atoms with E-state index < -0.39 is 0 Å². The van der Waals surface area contributed by atoms with Gasteiger partial charge in [-0.25, -0.2) is 4.79 Å². The summed E-state index contributed by atoms with van der Waals surface area (Å²) in [7, 11) is 1.60. The molecule has 16 heavy (non-hydrogen) atoms. The third kappa shape index (κ3) is 2.17. The molecule has 0 N–H and O–H groups in total. The van der Waals surface area contributed by atoms with Crippen molar-refractivity contribution in [3.8, 4) is 0 Å². The number of cyclic esters (lactones) is 1. The molecule has 1 unspecified atom stereocenters. The maximum atomic E-state index is 11.6. The lowest BCUT2D eigenvalue weighted by molar-refractivity contribution is 0.0718. The van der Waals surface area contributed by atoms with Crippen molar-refractivity contribution in [1.82, 2.24) is 0 Å². The zero-order valence-electron chi connectivity index (χ0n) is 9.47. The molecule has 1 atom stereocenters. The van der Waals surface area contributed by atoms with E-state index in [1.165, 1.54) is 5.56 Å². The van der Waals surface area contributed by atoms with Gasteiger partial charge in [0.15, 0.2) is 0 Å². The summed E-state index contributed by atoms with van der Waals surface area (Å²) in [5.74, 6) is 0. The van der Waals surface area contributed by atoms with Gasteiger partial charge in [0.2, 0.25) is 0 Å². The van der Waals surface area contributed by atoms with Crippen molar-refractivity contribution in [3.05, 3.63) is 29.8 Å². The van der Waals surface area contributed by atoms with E-state index >= 15 is 0 Å². The van der Waals surface area contributed by atoms with Gasteiger partial charge in [0.1, 0.15) is 6.10 Å². The number of hydrogen-bond donors (Lipinski definition) is 0. The summed E-state index contributed by atoms with van der Waals surface area (Å²) in [6, 6.07) is 7.80. The van der Waals surface area contributed by atoms with Gasteiger partial charge >= 0.3 is 6.09 Å². The fourth-order valence-electron chi connectivity index (χ4n) is 1.73. The summed E-state index contributed by atoms with van der Waals surface area (Å²) in [6.45, 7) is 3.00. The number of rotatable bonds is 3. The summed E-state index contributed by atoms with van der Waals surface area (Å²) < 4.78 is 10.1. The van der Waals surface area contributed by atoms with Crippen LogP contribution in [0.25, 0.3) is 0 Å². The Hall–Kier alpha value is -1.55. The molecular formula is C12H15NO3. The molecule has 4 nitrogen and oxygen atoms in total. The largest absolute Gasteiger partial charge is 0.441 e. The first-order valence-corrected chi connectivity index (χ1v) is 5.24. The minimum atomic E-state index is -0.300. The van der Waals surface area contributed by atoms with E-state index in [4.69, 9.17) is 9.47 Å². The highest BCUT2D eigenvalue weighted by molar-refractivity contribution is 5.89. The number of benzene rings is 1. The Morgan fingerprint density at radius 2 is 2.12 bits per heavy atom. The van der Waals surface area contributed by atoms with Crippen molar-refractivity contribution in [2.24, 2.45) is 0 Å². The second-order valence-corrected chi connectivity index (χ2v) is 3.91. The SMILES string of the molecule is COCC1CN(c2ccc(C)cc2)C(=O)O1. The normalized spacial score (nSPS) is 20.0. The first-order chi connectivity index (χ1) is 7.70. The zero-order valence-corrected chi connectivity index (χ0v) is 9.47. The molecule has 1 aromatic carbocycles. The van der Waals surface area contributed by atoms with Gasteiger partial charge in [-0.15, -0.1) is 0 Å². The molecule has 1 fully saturated rings. The first kappa shape index (κ1) is 11.0. The molecule has 1 heterocycles. The quantitative estimate of drug-likeness (QED) is 0.783. The van der Waals surface area contributed by atoms with Crippen LogP contribution in [0.5, 0.6) is 0 Å². The molecule has 0 bridgehead atoms. The molecule has 1 aromatic rings. The fourth-order valence-corrected chi connectivity index (χ4v) is 1.73. The minimum absolute atomic E-state index is 0.168. The predicted octanol–water partition coefficient (Wildman–Crippen LogP) is 1.97. The molecule has 1 aliphatic rings. The van der Waals surface area contributed by atoms with Crippen LogP contribution in [0.3, 0.4) is 0 Å². The fraction of sp³-hybridized carbons (Fsp3) is 0.417. The zero-order chi connectivity index (χ0) is 11.5.